The Kier molecular flexibility index (Phi) is 4.97. The Labute approximate surface area is 159 Å². The average molecular weight is 370 g/mol. The van der Waals surface area contributed by atoms with Gasteiger partial charge in [-0.2, -0.15) is 0 Å². The summed E-state index contributed by atoms with van der Waals surface area (Å²) in [6.45, 7) is 5.73. The molecular formula is C20H26N4O3. The highest BCUT2D eigenvalue weighted by molar-refractivity contribution is 5.93. The number of amides is 1. The van der Waals surface area contributed by atoms with E-state index in [4.69, 9.17) is 9.15 Å². The minimum atomic E-state index is -0.165. The molecule has 0 aromatic carbocycles. The van der Waals surface area contributed by atoms with Crippen LogP contribution < -0.4 is 0 Å². The largest absolute Gasteiger partial charge is 0.438 e. The number of nitrogens with zero attached hydrogens (tertiary/aromatic N) is 4. The topological polar surface area (TPSA) is 71.7 Å². The lowest BCUT2D eigenvalue weighted by Crippen LogP contribution is -2.66. The van der Waals surface area contributed by atoms with Crippen LogP contribution in [0.15, 0.2) is 35.3 Å². The SMILES string of the molecule is Cc1ncoc1C(=O)N1CC2(CC[C@@H](CN(C)Cc3cccnc3)CO2)C1. The number of carbonyl (C=O) groups is 1. The van der Waals surface area contributed by atoms with E-state index in [2.05, 4.69) is 28.0 Å². The van der Waals surface area contributed by atoms with E-state index in [0.717, 1.165) is 32.5 Å². The Hall–Kier alpha value is -2.25. The molecule has 1 spiro atoms. The Bertz CT molecular complexity index is 776. The fourth-order valence-corrected chi connectivity index (χ4v) is 4.06. The summed E-state index contributed by atoms with van der Waals surface area (Å²) in [5.74, 6) is 0.784. The zero-order valence-corrected chi connectivity index (χ0v) is 15.9. The summed E-state index contributed by atoms with van der Waals surface area (Å²) in [5, 5.41) is 0. The number of rotatable bonds is 5. The number of likely N-dealkylation sites (tertiary alicyclic amines) is 1. The Morgan fingerprint density at radius 1 is 1.44 bits per heavy atom. The number of hydrogen-bond acceptors (Lipinski definition) is 6. The summed E-state index contributed by atoms with van der Waals surface area (Å²) in [6, 6.07) is 4.08. The third-order valence-corrected chi connectivity index (χ3v) is 5.56. The van der Waals surface area contributed by atoms with Crippen LogP contribution in [-0.4, -0.2) is 64.6 Å². The monoisotopic (exact) mass is 370 g/mol. The second-order valence-electron chi connectivity index (χ2n) is 7.88. The molecule has 27 heavy (non-hydrogen) atoms. The molecule has 144 valence electrons. The highest BCUT2D eigenvalue weighted by Gasteiger charge is 2.49. The van der Waals surface area contributed by atoms with Gasteiger partial charge in [0.1, 0.15) is 5.60 Å². The van der Waals surface area contributed by atoms with Gasteiger partial charge in [-0.25, -0.2) is 4.98 Å². The lowest BCUT2D eigenvalue weighted by molar-refractivity contribution is -0.168. The Balaban J connectivity index is 1.23. The fourth-order valence-electron chi connectivity index (χ4n) is 4.06. The van der Waals surface area contributed by atoms with Crippen molar-refractivity contribution in [2.75, 3.05) is 33.3 Å². The van der Waals surface area contributed by atoms with Crippen LogP contribution in [0.3, 0.4) is 0 Å². The second-order valence-corrected chi connectivity index (χ2v) is 7.88. The van der Waals surface area contributed by atoms with Gasteiger partial charge in [-0.05, 0) is 44.4 Å². The van der Waals surface area contributed by atoms with Gasteiger partial charge >= 0.3 is 0 Å². The maximum absolute atomic E-state index is 12.4. The van der Waals surface area contributed by atoms with Gasteiger partial charge in [0.25, 0.3) is 5.91 Å². The van der Waals surface area contributed by atoms with E-state index in [1.165, 1.54) is 12.0 Å². The van der Waals surface area contributed by atoms with Crippen molar-refractivity contribution in [3.05, 3.63) is 47.9 Å². The average Bonchev–Trinajstić information content (AvgIpc) is 3.07. The van der Waals surface area contributed by atoms with Crippen molar-refractivity contribution in [3.8, 4) is 0 Å². The first-order valence-electron chi connectivity index (χ1n) is 9.45. The van der Waals surface area contributed by atoms with Crippen molar-refractivity contribution in [1.82, 2.24) is 19.8 Å². The van der Waals surface area contributed by atoms with Crippen molar-refractivity contribution in [1.29, 1.82) is 0 Å². The van der Waals surface area contributed by atoms with Gasteiger partial charge in [0.2, 0.25) is 5.76 Å². The van der Waals surface area contributed by atoms with E-state index in [9.17, 15) is 4.79 Å². The lowest BCUT2D eigenvalue weighted by atomic mass is 9.82. The molecule has 2 aromatic rings. The molecule has 2 aliphatic rings. The van der Waals surface area contributed by atoms with Gasteiger partial charge in [0.15, 0.2) is 6.39 Å². The molecule has 7 nitrogen and oxygen atoms in total. The van der Waals surface area contributed by atoms with Crippen LogP contribution >= 0.6 is 0 Å². The first-order valence-corrected chi connectivity index (χ1v) is 9.45. The maximum Gasteiger partial charge on any atom is 0.291 e. The summed E-state index contributed by atoms with van der Waals surface area (Å²) < 4.78 is 11.4. The summed E-state index contributed by atoms with van der Waals surface area (Å²) in [7, 11) is 2.14. The number of oxazole rings is 1. The molecule has 1 atom stereocenters. The fraction of sp³-hybridized carbons (Fsp3) is 0.550. The van der Waals surface area contributed by atoms with Crippen molar-refractivity contribution < 1.29 is 13.9 Å². The molecule has 0 unspecified atom stereocenters. The van der Waals surface area contributed by atoms with Crippen molar-refractivity contribution in [2.45, 2.75) is 31.9 Å². The summed E-state index contributed by atoms with van der Waals surface area (Å²) >= 11 is 0. The van der Waals surface area contributed by atoms with Crippen LogP contribution in [0.2, 0.25) is 0 Å². The van der Waals surface area contributed by atoms with Crippen LogP contribution in [0.5, 0.6) is 0 Å². The molecule has 0 aliphatic carbocycles. The standard InChI is InChI=1S/C20H26N4O3/c1-15-18(26-14-22-15)19(25)24-12-20(13-24)6-5-17(11-27-20)10-23(2)9-16-4-3-7-21-8-16/h3-4,7-8,14,17H,5-6,9-13H2,1-2H3/t17-/m0/s1. The molecule has 4 rings (SSSR count). The van der Waals surface area contributed by atoms with E-state index < -0.39 is 0 Å². The lowest BCUT2D eigenvalue weighted by Gasteiger charge is -2.52. The van der Waals surface area contributed by atoms with Crippen LogP contribution in [0.25, 0.3) is 0 Å². The van der Waals surface area contributed by atoms with Gasteiger partial charge < -0.3 is 19.0 Å². The van der Waals surface area contributed by atoms with Gasteiger partial charge in [0.05, 0.1) is 25.4 Å². The highest BCUT2D eigenvalue weighted by atomic mass is 16.5. The van der Waals surface area contributed by atoms with Crippen molar-refractivity contribution in [3.63, 3.8) is 0 Å². The number of pyridine rings is 1. The zero-order valence-electron chi connectivity index (χ0n) is 15.9. The summed E-state index contributed by atoms with van der Waals surface area (Å²) in [6.07, 6.45) is 7.16. The molecule has 2 aromatic heterocycles. The quantitative estimate of drug-likeness (QED) is 0.803. The number of hydrogen-bond donors (Lipinski definition) is 0. The van der Waals surface area contributed by atoms with Crippen LogP contribution in [-0.2, 0) is 11.3 Å². The molecule has 2 aliphatic heterocycles. The van der Waals surface area contributed by atoms with Gasteiger partial charge in [0, 0.05) is 25.5 Å². The molecule has 1 amide bonds. The molecule has 0 saturated carbocycles. The minimum absolute atomic E-state index is 0.0856. The molecule has 7 heteroatoms. The first-order chi connectivity index (χ1) is 13.0. The van der Waals surface area contributed by atoms with Crippen LogP contribution in [0, 0.1) is 12.8 Å². The Morgan fingerprint density at radius 3 is 2.93 bits per heavy atom. The second kappa shape index (κ2) is 7.40. The third-order valence-electron chi connectivity index (χ3n) is 5.56. The smallest absolute Gasteiger partial charge is 0.291 e. The van der Waals surface area contributed by atoms with Crippen LogP contribution in [0.1, 0.15) is 34.7 Å². The van der Waals surface area contributed by atoms with Crippen molar-refractivity contribution >= 4 is 5.91 Å². The van der Waals surface area contributed by atoms with E-state index in [1.54, 1.807) is 18.0 Å². The summed E-state index contributed by atoms with van der Waals surface area (Å²) in [4.78, 5) is 24.7. The van der Waals surface area contributed by atoms with E-state index in [-0.39, 0.29) is 11.5 Å². The first kappa shape index (κ1) is 18.1. The maximum atomic E-state index is 12.4. The van der Waals surface area contributed by atoms with E-state index >= 15 is 0 Å². The minimum Gasteiger partial charge on any atom is -0.438 e. The molecule has 2 saturated heterocycles. The van der Waals surface area contributed by atoms with Gasteiger partial charge in [-0.3, -0.25) is 9.78 Å². The molecule has 0 radical (unpaired) electrons. The van der Waals surface area contributed by atoms with Gasteiger partial charge in [-0.1, -0.05) is 6.07 Å². The number of aromatic nitrogens is 2. The zero-order chi connectivity index (χ0) is 18.9. The van der Waals surface area contributed by atoms with Crippen molar-refractivity contribution in [2.24, 2.45) is 5.92 Å². The molecule has 0 N–H and O–H groups in total. The molecule has 0 bridgehead atoms. The predicted octanol–water partition coefficient (Wildman–Crippen LogP) is 2.13. The summed E-state index contributed by atoms with van der Waals surface area (Å²) in [5.41, 5.74) is 1.70. The normalized spacial score (nSPS) is 21.4. The predicted molar refractivity (Wildman–Crippen MR) is 99.1 cm³/mol. The molecule has 4 heterocycles. The number of aryl methyl sites for hydroxylation is 1. The van der Waals surface area contributed by atoms with Gasteiger partial charge in [-0.15, -0.1) is 0 Å². The Morgan fingerprint density at radius 2 is 2.30 bits per heavy atom. The molecular weight excluding hydrogens is 344 g/mol. The van der Waals surface area contributed by atoms with E-state index in [1.807, 2.05) is 12.3 Å². The van der Waals surface area contributed by atoms with E-state index in [0.29, 0.717) is 30.5 Å². The number of carbonyl (C=O) groups excluding carboxylic acids is 1. The highest BCUT2D eigenvalue weighted by Crippen LogP contribution is 2.37. The third kappa shape index (κ3) is 3.89. The number of ether oxygens (including phenoxy) is 1. The van der Waals surface area contributed by atoms with Crippen LogP contribution in [0.4, 0.5) is 0 Å². The molecule has 2 fully saturated rings.